The SMILES string of the molecule is CCCCCCCCCCCCCCCCCCCCCCCCCCCCCC(=O)OCC(COC(=O)CCCCCCCCCCC)OC(=O)CCCCCCCCCCCCC. The van der Waals surface area contributed by atoms with E-state index in [4.69, 9.17) is 14.2 Å². The van der Waals surface area contributed by atoms with E-state index in [0.717, 1.165) is 57.8 Å². The maximum Gasteiger partial charge on any atom is 0.306 e. The molecular formula is C59H114O6. The molecule has 0 fully saturated rings. The minimum absolute atomic E-state index is 0.0619. The summed E-state index contributed by atoms with van der Waals surface area (Å²) in [7, 11) is 0. The van der Waals surface area contributed by atoms with Gasteiger partial charge in [0.1, 0.15) is 13.2 Å². The van der Waals surface area contributed by atoms with Crippen molar-refractivity contribution in [1.82, 2.24) is 0 Å². The lowest BCUT2D eigenvalue weighted by Crippen LogP contribution is -2.30. The normalized spacial score (nSPS) is 11.9. The van der Waals surface area contributed by atoms with Crippen LogP contribution in [0.5, 0.6) is 0 Å². The number of rotatable bonds is 55. The molecular weight excluding hydrogens is 805 g/mol. The number of carbonyl (C=O) groups excluding carboxylic acids is 3. The van der Waals surface area contributed by atoms with Crippen molar-refractivity contribution in [2.24, 2.45) is 0 Å². The van der Waals surface area contributed by atoms with Crippen LogP contribution in [0.15, 0.2) is 0 Å². The number of unbranched alkanes of at least 4 members (excludes halogenated alkanes) is 44. The highest BCUT2D eigenvalue weighted by molar-refractivity contribution is 5.71. The number of carbonyl (C=O) groups is 3. The van der Waals surface area contributed by atoms with E-state index in [1.807, 2.05) is 0 Å². The topological polar surface area (TPSA) is 78.9 Å². The fourth-order valence-electron chi connectivity index (χ4n) is 9.15. The van der Waals surface area contributed by atoms with E-state index in [1.54, 1.807) is 0 Å². The molecule has 0 saturated carbocycles. The molecule has 0 aliphatic heterocycles. The fraction of sp³-hybridized carbons (Fsp3) is 0.949. The Morgan fingerprint density at radius 1 is 0.246 bits per heavy atom. The van der Waals surface area contributed by atoms with Crippen LogP contribution in [-0.4, -0.2) is 37.2 Å². The maximum absolute atomic E-state index is 12.8. The maximum atomic E-state index is 12.8. The highest BCUT2D eigenvalue weighted by atomic mass is 16.6. The molecule has 0 radical (unpaired) electrons. The largest absolute Gasteiger partial charge is 0.462 e. The van der Waals surface area contributed by atoms with Gasteiger partial charge in [-0.3, -0.25) is 14.4 Å². The zero-order chi connectivity index (χ0) is 47.2. The van der Waals surface area contributed by atoms with Crippen LogP contribution in [0.2, 0.25) is 0 Å². The van der Waals surface area contributed by atoms with Crippen molar-refractivity contribution < 1.29 is 28.6 Å². The Labute approximate surface area is 406 Å². The fourth-order valence-corrected chi connectivity index (χ4v) is 9.15. The smallest absolute Gasteiger partial charge is 0.306 e. The van der Waals surface area contributed by atoms with Gasteiger partial charge in [-0.15, -0.1) is 0 Å². The van der Waals surface area contributed by atoms with Crippen molar-refractivity contribution in [1.29, 1.82) is 0 Å². The average molecular weight is 920 g/mol. The summed E-state index contributed by atoms with van der Waals surface area (Å²) in [5, 5.41) is 0. The van der Waals surface area contributed by atoms with Gasteiger partial charge in [0.15, 0.2) is 6.10 Å². The molecule has 65 heavy (non-hydrogen) atoms. The van der Waals surface area contributed by atoms with Crippen molar-refractivity contribution in [3.63, 3.8) is 0 Å². The van der Waals surface area contributed by atoms with Gasteiger partial charge in [-0.05, 0) is 19.3 Å². The van der Waals surface area contributed by atoms with Crippen LogP contribution < -0.4 is 0 Å². The summed E-state index contributed by atoms with van der Waals surface area (Å²) in [4.78, 5) is 37.9. The third kappa shape index (κ3) is 53.2. The van der Waals surface area contributed by atoms with Crippen LogP contribution in [0.3, 0.4) is 0 Å². The molecule has 0 N–H and O–H groups in total. The van der Waals surface area contributed by atoms with E-state index in [0.29, 0.717) is 19.3 Å². The van der Waals surface area contributed by atoms with Gasteiger partial charge >= 0.3 is 17.9 Å². The molecule has 0 aliphatic rings. The van der Waals surface area contributed by atoms with Gasteiger partial charge in [-0.2, -0.15) is 0 Å². The number of ether oxygens (including phenoxy) is 3. The summed E-state index contributed by atoms with van der Waals surface area (Å²) in [5.41, 5.74) is 0. The monoisotopic (exact) mass is 919 g/mol. The number of hydrogen-bond acceptors (Lipinski definition) is 6. The van der Waals surface area contributed by atoms with Crippen molar-refractivity contribution >= 4 is 17.9 Å². The lowest BCUT2D eigenvalue weighted by atomic mass is 10.0. The van der Waals surface area contributed by atoms with Gasteiger partial charge in [0.2, 0.25) is 0 Å². The third-order valence-corrected chi connectivity index (χ3v) is 13.6. The highest BCUT2D eigenvalue weighted by Gasteiger charge is 2.19. The number of esters is 3. The van der Waals surface area contributed by atoms with Gasteiger partial charge in [0, 0.05) is 19.3 Å². The molecule has 0 bridgehead atoms. The molecule has 1 unspecified atom stereocenters. The van der Waals surface area contributed by atoms with E-state index in [-0.39, 0.29) is 31.1 Å². The first-order chi connectivity index (χ1) is 32.0. The molecule has 0 rings (SSSR count). The van der Waals surface area contributed by atoms with E-state index < -0.39 is 6.10 Å². The molecule has 6 nitrogen and oxygen atoms in total. The zero-order valence-corrected chi connectivity index (χ0v) is 44.3. The molecule has 386 valence electrons. The Morgan fingerprint density at radius 2 is 0.415 bits per heavy atom. The first kappa shape index (κ1) is 63.4. The van der Waals surface area contributed by atoms with Crippen LogP contribution in [0.1, 0.15) is 342 Å². The summed E-state index contributed by atoms with van der Waals surface area (Å²) in [6.07, 6.45) is 61.3. The van der Waals surface area contributed by atoms with Gasteiger partial charge in [-0.25, -0.2) is 0 Å². The van der Waals surface area contributed by atoms with Gasteiger partial charge in [0.05, 0.1) is 0 Å². The van der Waals surface area contributed by atoms with Gasteiger partial charge in [-0.1, -0.05) is 303 Å². The first-order valence-electron chi connectivity index (χ1n) is 29.5. The minimum atomic E-state index is -0.759. The van der Waals surface area contributed by atoms with E-state index in [9.17, 15) is 14.4 Å². The Balaban J connectivity index is 4.01. The standard InChI is InChI=1S/C59H114O6/c1-4-7-10-13-16-19-21-22-23-24-25-26-27-28-29-30-31-32-33-34-35-36-38-40-43-46-49-52-58(61)64-55-56(54-63-57(60)51-48-45-42-39-18-15-12-9-6-3)65-59(62)53-50-47-44-41-37-20-17-14-11-8-5-2/h56H,4-55H2,1-3H3. The summed E-state index contributed by atoms with van der Waals surface area (Å²) < 4.78 is 16.8. The van der Waals surface area contributed by atoms with Crippen molar-refractivity contribution in [2.75, 3.05) is 13.2 Å². The van der Waals surface area contributed by atoms with E-state index in [2.05, 4.69) is 20.8 Å². The molecule has 0 heterocycles. The summed E-state index contributed by atoms with van der Waals surface area (Å²) in [6, 6.07) is 0. The number of hydrogen-bond donors (Lipinski definition) is 0. The molecule has 0 aromatic carbocycles. The van der Waals surface area contributed by atoms with Crippen LogP contribution >= 0.6 is 0 Å². The summed E-state index contributed by atoms with van der Waals surface area (Å²) in [5.74, 6) is -0.842. The van der Waals surface area contributed by atoms with Gasteiger partial charge in [0.25, 0.3) is 0 Å². The molecule has 0 spiro atoms. The second-order valence-corrected chi connectivity index (χ2v) is 20.3. The van der Waals surface area contributed by atoms with Crippen molar-refractivity contribution in [2.45, 2.75) is 348 Å². The Bertz CT molecular complexity index is 967. The highest BCUT2D eigenvalue weighted by Crippen LogP contribution is 2.18. The van der Waals surface area contributed by atoms with E-state index in [1.165, 1.54) is 244 Å². The van der Waals surface area contributed by atoms with E-state index >= 15 is 0 Å². The van der Waals surface area contributed by atoms with Crippen LogP contribution in [-0.2, 0) is 28.6 Å². The first-order valence-corrected chi connectivity index (χ1v) is 29.5. The summed E-state index contributed by atoms with van der Waals surface area (Å²) >= 11 is 0. The predicted octanol–water partition coefficient (Wildman–Crippen LogP) is 19.5. The van der Waals surface area contributed by atoms with Crippen molar-refractivity contribution in [3.05, 3.63) is 0 Å². The lowest BCUT2D eigenvalue weighted by molar-refractivity contribution is -0.167. The molecule has 6 heteroatoms. The Hall–Kier alpha value is -1.59. The average Bonchev–Trinajstić information content (AvgIpc) is 3.30. The van der Waals surface area contributed by atoms with Crippen LogP contribution in [0.25, 0.3) is 0 Å². The molecule has 0 aromatic heterocycles. The quantitative estimate of drug-likeness (QED) is 0.0344. The molecule has 0 aliphatic carbocycles. The second kappa shape index (κ2) is 55.0. The van der Waals surface area contributed by atoms with Crippen LogP contribution in [0, 0.1) is 0 Å². The van der Waals surface area contributed by atoms with Gasteiger partial charge < -0.3 is 14.2 Å². The van der Waals surface area contributed by atoms with Crippen molar-refractivity contribution in [3.8, 4) is 0 Å². The minimum Gasteiger partial charge on any atom is -0.462 e. The molecule has 1 atom stereocenters. The summed E-state index contributed by atoms with van der Waals surface area (Å²) in [6.45, 7) is 6.67. The molecule has 0 amide bonds. The molecule has 0 aromatic rings. The van der Waals surface area contributed by atoms with Crippen LogP contribution in [0.4, 0.5) is 0 Å². The molecule has 0 saturated heterocycles. The third-order valence-electron chi connectivity index (χ3n) is 13.6. The zero-order valence-electron chi connectivity index (χ0n) is 44.3. The predicted molar refractivity (Wildman–Crippen MR) is 280 cm³/mol. The Kier molecular flexibility index (Phi) is 53.7. The lowest BCUT2D eigenvalue weighted by Gasteiger charge is -2.18. The second-order valence-electron chi connectivity index (χ2n) is 20.3. The Morgan fingerprint density at radius 3 is 0.615 bits per heavy atom.